The van der Waals surface area contributed by atoms with Crippen LogP contribution in [0, 0.1) is 0 Å². The lowest BCUT2D eigenvalue weighted by Gasteiger charge is -2.48. The molecule has 2 rings (SSSR count). The van der Waals surface area contributed by atoms with E-state index in [9.17, 15) is 14.4 Å². The van der Waals surface area contributed by atoms with Gasteiger partial charge >= 0.3 is 12.0 Å². The number of hydrogen-bond acceptors (Lipinski definition) is 6. The Balaban J connectivity index is 2.44. The van der Waals surface area contributed by atoms with Crippen LogP contribution in [0.5, 0.6) is 0 Å². The van der Waals surface area contributed by atoms with Gasteiger partial charge in [-0.15, -0.1) is 0 Å². The number of urea groups is 1. The van der Waals surface area contributed by atoms with Gasteiger partial charge in [0.2, 0.25) is 0 Å². The number of amides is 3. The van der Waals surface area contributed by atoms with Gasteiger partial charge in [0.05, 0.1) is 6.67 Å². The maximum Gasteiger partial charge on any atom is 0.325 e. The van der Waals surface area contributed by atoms with Gasteiger partial charge < -0.3 is 9.64 Å². The summed E-state index contributed by atoms with van der Waals surface area (Å²) >= 11 is 0. The molecule has 0 radical (unpaired) electrons. The predicted octanol–water partition coefficient (Wildman–Crippen LogP) is 0.0134. The summed E-state index contributed by atoms with van der Waals surface area (Å²) in [5, 5.41) is 5.53. The largest absolute Gasteiger partial charge is 0.460 e. The van der Waals surface area contributed by atoms with Crippen LogP contribution in [0.2, 0.25) is 0 Å². The number of allylic oxidation sites excluding steroid dienone is 1. The van der Waals surface area contributed by atoms with Gasteiger partial charge in [-0.05, 0) is 13.5 Å². The van der Waals surface area contributed by atoms with E-state index in [1.165, 1.54) is 11.8 Å². The fraction of sp³-hybridized carbons (Fsp3) is 0.667. The molecule has 0 saturated carbocycles. The Morgan fingerprint density at radius 1 is 1.43 bits per heavy atom. The van der Waals surface area contributed by atoms with Crippen LogP contribution in [0.1, 0.15) is 26.7 Å². The predicted molar refractivity (Wildman–Crippen MR) is 83.2 cm³/mol. The van der Waals surface area contributed by atoms with Gasteiger partial charge in [0.15, 0.2) is 5.54 Å². The van der Waals surface area contributed by atoms with Gasteiger partial charge in [-0.3, -0.25) is 25.1 Å². The molecule has 0 aromatic heterocycles. The van der Waals surface area contributed by atoms with E-state index in [1.54, 1.807) is 19.0 Å². The maximum absolute atomic E-state index is 12.8. The first-order valence-electron chi connectivity index (χ1n) is 7.70. The summed E-state index contributed by atoms with van der Waals surface area (Å²) < 4.78 is 5.49. The molecule has 3 unspecified atom stereocenters. The van der Waals surface area contributed by atoms with Crippen molar-refractivity contribution in [3.05, 3.63) is 12.2 Å². The zero-order valence-corrected chi connectivity index (χ0v) is 14.0. The number of carbonyl (C=O) groups is 3. The summed E-state index contributed by atoms with van der Waals surface area (Å²) in [5.41, 5.74) is -1.16. The molecule has 0 bridgehead atoms. The van der Waals surface area contributed by atoms with E-state index in [-0.39, 0.29) is 0 Å². The number of ether oxygens (including phenoxy) is 1. The van der Waals surface area contributed by atoms with Crippen LogP contribution in [0.3, 0.4) is 0 Å². The van der Waals surface area contributed by atoms with Crippen molar-refractivity contribution in [1.82, 2.24) is 20.4 Å². The average molecular weight is 324 g/mol. The number of hydrogen-bond donors (Lipinski definition) is 2. The van der Waals surface area contributed by atoms with Crippen LogP contribution < -0.4 is 10.6 Å². The molecule has 3 amide bonds. The Labute approximate surface area is 135 Å². The molecule has 128 valence electrons. The highest BCUT2D eigenvalue weighted by Crippen LogP contribution is 2.35. The fourth-order valence-corrected chi connectivity index (χ4v) is 3.32. The highest BCUT2D eigenvalue weighted by atomic mass is 16.5. The van der Waals surface area contributed by atoms with Crippen LogP contribution in [0.25, 0.3) is 0 Å². The molecule has 2 N–H and O–H groups in total. The Kier molecular flexibility index (Phi) is 5.06. The lowest BCUT2D eigenvalue weighted by atomic mass is 9.83. The summed E-state index contributed by atoms with van der Waals surface area (Å²) in [6.07, 6.45) is 3.83. The second kappa shape index (κ2) is 6.67. The molecule has 2 fully saturated rings. The van der Waals surface area contributed by atoms with Crippen molar-refractivity contribution in [1.29, 1.82) is 0 Å². The molecular formula is C15H24N4O4. The highest BCUT2D eigenvalue weighted by Gasteiger charge is 2.64. The van der Waals surface area contributed by atoms with Gasteiger partial charge in [-0.1, -0.05) is 19.1 Å². The Hall–Kier alpha value is -1.93. The van der Waals surface area contributed by atoms with Crippen molar-refractivity contribution in [3.8, 4) is 0 Å². The van der Waals surface area contributed by atoms with E-state index < -0.39 is 35.7 Å². The summed E-state index contributed by atoms with van der Waals surface area (Å²) in [4.78, 5) is 39.5. The second-order valence-electron chi connectivity index (χ2n) is 5.87. The molecule has 2 heterocycles. The van der Waals surface area contributed by atoms with Gasteiger partial charge in [0.1, 0.15) is 12.3 Å². The minimum Gasteiger partial charge on any atom is -0.460 e. The second-order valence-corrected chi connectivity index (χ2v) is 5.87. The molecule has 8 heteroatoms. The van der Waals surface area contributed by atoms with Crippen molar-refractivity contribution in [2.24, 2.45) is 0 Å². The average Bonchev–Trinajstić information content (AvgIpc) is 2.83. The number of nitrogens with one attached hydrogen (secondary N) is 2. The van der Waals surface area contributed by atoms with E-state index in [0.717, 1.165) is 6.42 Å². The smallest absolute Gasteiger partial charge is 0.325 e. The Bertz CT molecular complexity index is 536. The molecule has 0 aromatic carbocycles. The Morgan fingerprint density at radius 3 is 2.74 bits per heavy atom. The first-order chi connectivity index (χ1) is 10.9. The lowest BCUT2D eigenvalue weighted by Crippen LogP contribution is -2.77. The highest BCUT2D eigenvalue weighted by molar-refractivity contribution is 6.03. The first-order valence-corrected chi connectivity index (χ1v) is 7.70. The molecule has 23 heavy (non-hydrogen) atoms. The van der Waals surface area contributed by atoms with Gasteiger partial charge in [0.25, 0.3) is 5.91 Å². The molecule has 2 saturated heterocycles. The summed E-state index contributed by atoms with van der Waals surface area (Å²) in [6.45, 7) is 3.73. The summed E-state index contributed by atoms with van der Waals surface area (Å²) in [6, 6.07) is -0.468. The van der Waals surface area contributed by atoms with Crippen molar-refractivity contribution < 1.29 is 19.1 Å². The minimum absolute atomic E-state index is 0.394. The number of esters is 1. The van der Waals surface area contributed by atoms with Crippen LogP contribution in [-0.4, -0.2) is 66.3 Å². The molecule has 2 aliphatic heterocycles. The van der Waals surface area contributed by atoms with Gasteiger partial charge in [-0.25, -0.2) is 4.79 Å². The minimum atomic E-state index is -1.16. The number of imide groups is 1. The zero-order chi connectivity index (χ0) is 17.2. The third kappa shape index (κ3) is 2.84. The molecule has 2 aliphatic rings. The van der Waals surface area contributed by atoms with E-state index in [4.69, 9.17) is 4.74 Å². The van der Waals surface area contributed by atoms with E-state index in [0.29, 0.717) is 13.1 Å². The van der Waals surface area contributed by atoms with Gasteiger partial charge in [-0.2, -0.15) is 0 Å². The normalized spacial score (nSPS) is 29.6. The molecule has 8 nitrogen and oxygen atoms in total. The van der Waals surface area contributed by atoms with Crippen molar-refractivity contribution >= 4 is 17.9 Å². The number of fused-ring (bicyclic) bond motifs is 1. The SMILES string of the molecule is CC/C=C/CC(OC(C)=O)C12C(=O)NC(=O)N(C)C1NCN2C. The zero-order valence-electron chi connectivity index (χ0n) is 14.0. The van der Waals surface area contributed by atoms with Crippen LogP contribution in [-0.2, 0) is 14.3 Å². The van der Waals surface area contributed by atoms with Crippen LogP contribution in [0.4, 0.5) is 4.79 Å². The number of rotatable bonds is 5. The molecule has 0 aromatic rings. The third-order valence-electron chi connectivity index (χ3n) is 4.41. The van der Waals surface area contributed by atoms with E-state index >= 15 is 0 Å². The third-order valence-corrected chi connectivity index (χ3v) is 4.41. The Morgan fingerprint density at radius 2 is 2.13 bits per heavy atom. The van der Waals surface area contributed by atoms with Gasteiger partial charge in [0, 0.05) is 20.4 Å². The van der Waals surface area contributed by atoms with Crippen LogP contribution in [0.15, 0.2) is 12.2 Å². The van der Waals surface area contributed by atoms with Crippen molar-refractivity contribution in [2.75, 3.05) is 20.8 Å². The number of likely N-dealkylation sites (N-methyl/N-ethyl adjacent to an activating group) is 2. The summed E-state index contributed by atoms with van der Waals surface area (Å²) in [7, 11) is 3.39. The number of nitrogens with zero attached hydrogens (tertiary/aromatic N) is 2. The fourth-order valence-electron chi connectivity index (χ4n) is 3.32. The topological polar surface area (TPSA) is 91.0 Å². The monoisotopic (exact) mass is 324 g/mol. The van der Waals surface area contributed by atoms with Crippen molar-refractivity contribution in [3.63, 3.8) is 0 Å². The van der Waals surface area contributed by atoms with E-state index in [2.05, 4.69) is 10.6 Å². The summed E-state index contributed by atoms with van der Waals surface area (Å²) in [5.74, 6) is -0.907. The number of carbonyl (C=O) groups excluding carboxylic acids is 3. The quantitative estimate of drug-likeness (QED) is 0.547. The van der Waals surface area contributed by atoms with Crippen LogP contribution >= 0.6 is 0 Å². The standard InChI is InChI=1S/C15H24N4O4/c1-5-6-7-8-11(23-10(2)20)15-12(16-9-18(15)3)19(4)14(22)17-13(15)21/h6-7,11-12,16H,5,8-9H2,1-4H3,(H,17,21,22)/b7-6+. The molecule has 3 atom stereocenters. The molecular weight excluding hydrogens is 300 g/mol. The molecule has 0 aliphatic carbocycles. The first kappa shape index (κ1) is 17.4. The molecule has 0 spiro atoms. The van der Waals surface area contributed by atoms with E-state index in [1.807, 2.05) is 19.1 Å². The van der Waals surface area contributed by atoms with Crippen molar-refractivity contribution in [2.45, 2.75) is 44.5 Å². The lowest BCUT2D eigenvalue weighted by molar-refractivity contribution is -0.163. The maximum atomic E-state index is 12.8.